The van der Waals surface area contributed by atoms with E-state index in [4.69, 9.17) is 21.1 Å². The van der Waals surface area contributed by atoms with E-state index in [9.17, 15) is 13.2 Å². The predicted molar refractivity (Wildman–Crippen MR) is 112 cm³/mol. The SMILES string of the molecule is CN(Cc1ccccc1Cl)C(=O)C1CCCN1S(=O)(=O)c1ccc2c(c1)OCCO2. The van der Waals surface area contributed by atoms with E-state index in [0.717, 1.165) is 5.56 Å². The fraction of sp³-hybridized carbons (Fsp3) is 0.381. The number of fused-ring (bicyclic) bond motifs is 1. The minimum Gasteiger partial charge on any atom is -0.486 e. The van der Waals surface area contributed by atoms with Crippen LogP contribution in [-0.2, 0) is 21.4 Å². The molecule has 0 spiro atoms. The van der Waals surface area contributed by atoms with Crippen molar-refractivity contribution < 1.29 is 22.7 Å². The molecule has 2 heterocycles. The topological polar surface area (TPSA) is 76.2 Å². The molecule has 4 rings (SSSR count). The second kappa shape index (κ2) is 8.45. The molecule has 0 radical (unpaired) electrons. The first kappa shape index (κ1) is 21.0. The number of nitrogens with zero attached hydrogens (tertiary/aromatic N) is 2. The van der Waals surface area contributed by atoms with Crippen LogP contribution in [0, 0.1) is 0 Å². The average Bonchev–Trinajstić information content (AvgIpc) is 3.25. The monoisotopic (exact) mass is 450 g/mol. The molecular weight excluding hydrogens is 428 g/mol. The van der Waals surface area contributed by atoms with Crippen LogP contribution in [-0.4, -0.2) is 56.4 Å². The Morgan fingerprint density at radius 3 is 2.67 bits per heavy atom. The molecule has 2 aromatic rings. The first-order valence-electron chi connectivity index (χ1n) is 9.78. The summed E-state index contributed by atoms with van der Waals surface area (Å²) in [7, 11) is -2.19. The third-order valence-electron chi connectivity index (χ3n) is 5.35. The number of ether oxygens (including phenoxy) is 2. The van der Waals surface area contributed by atoms with E-state index in [2.05, 4.69) is 0 Å². The number of halogens is 1. The van der Waals surface area contributed by atoms with Gasteiger partial charge in [0.25, 0.3) is 0 Å². The summed E-state index contributed by atoms with van der Waals surface area (Å²) >= 11 is 6.21. The van der Waals surface area contributed by atoms with E-state index in [-0.39, 0.29) is 10.8 Å². The zero-order valence-electron chi connectivity index (χ0n) is 16.6. The summed E-state index contributed by atoms with van der Waals surface area (Å²) in [5, 5.41) is 0.573. The maximum atomic E-state index is 13.3. The Labute approximate surface area is 181 Å². The number of sulfonamides is 1. The summed E-state index contributed by atoms with van der Waals surface area (Å²) in [4.78, 5) is 14.7. The van der Waals surface area contributed by atoms with Gasteiger partial charge in [-0.1, -0.05) is 29.8 Å². The normalized spacial score (nSPS) is 18.9. The van der Waals surface area contributed by atoms with Gasteiger partial charge in [0.1, 0.15) is 19.3 Å². The number of amides is 1. The van der Waals surface area contributed by atoms with Crippen molar-refractivity contribution in [1.29, 1.82) is 0 Å². The number of hydrogen-bond acceptors (Lipinski definition) is 5. The molecule has 1 unspecified atom stereocenters. The van der Waals surface area contributed by atoms with Gasteiger partial charge in [-0.05, 0) is 36.6 Å². The lowest BCUT2D eigenvalue weighted by atomic mass is 10.1. The highest BCUT2D eigenvalue weighted by Gasteiger charge is 2.41. The second-order valence-corrected chi connectivity index (χ2v) is 9.66. The molecule has 2 aliphatic heterocycles. The van der Waals surface area contributed by atoms with Gasteiger partial charge in [-0.3, -0.25) is 4.79 Å². The molecular formula is C21H23ClN2O5S. The van der Waals surface area contributed by atoms with E-state index in [1.54, 1.807) is 19.2 Å². The van der Waals surface area contributed by atoms with Gasteiger partial charge in [-0.25, -0.2) is 8.42 Å². The molecule has 1 fully saturated rings. The molecule has 1 saturated heterocycles. The highest BCUT2D eigenvalue weighted by molar-refractivity contribution is 7.89. The van der Waals surface area contributed by atoms with E-state index in [0.29, 0.717) is 55.7 Å². The van der Waals surface area contributed by atoms with Gasteiger partial charge in [0.05, 0.1) is 4.90 Å². The minimum absolute atomic E-state index is 0.0974. The maximum Gasteiger partial charge on any atom is 0.243 e. The zero-order chi connectivity index (χ0) is 21.3. The molecule has 9 heteroatoms. The van der Waals surface area contributed by atoms with Gasteiger partial charge in [0, 0.05) is 31.2 Å². The molecule has 0 N–H and O–H groups in total. The summed E-state index contributed by atoms with van der Waals surface area (Å²) in [5.74, 6) is 0.683. The van der Waals surface area contributed by atoms with Crippen LogP contribution in [0.1, 0.15) is 18.4 Å². The van der Waals surface area contributed by atoms with Crippen molar-refractivity contribution in [3.8, 4) is 11.5 Å². The first-order valence-corrected chi connectivity index (χ1v) is 11.6. The molecule has 7 nitrogen and oxygen atoms in total. The smallest absolute Gasteiger partial charge is 0.243 e. The van der Waals surface area contributed by atoms with Crippen LogP contribution in [0.15, 0.2) is 47.4 Å². The van der Waals surface area contributed by atoms with Crippen LogP contribution in [0.5, 0.6) is 11.5 Å². The quantitative estimate of drug-likeness (QED) is 0.700. The van der Waals surface area contributed by atoms with Crippen LogP contribution in [0.2, 0.25) is 5.02 Å². The highest BCUT2D eigenvalue weighted by atomic mass is 35.5. The molecule has 160 valence electrons. The number of likely N-dealkylation sites (N-methyl/N-ethyl adjacent to an activating group) is 1. The van der Waals surface area contributed by atoms with Crippen LogP contribution < -0.4 is 9.47 Å². The molecule has 1 atom stereocenters. The van der Waals surface area contributed by atoms with Crippen LogP contribution in [0.25, 0.3) is 0 Å². The van der Waals surface area contributed by atoms with Gasteiger partial charge in [0.15, 0.2) is 11.5 Å². The van der Waals surface area contributed by atoms with Crippen LogP contribution in [0.4, 0.5) is 0 Å². The van der Waals surface area contributed by atoms with Gasteiger partial charge < -0.3 is 14.4 Å². The number of hydrogen-bond donors (Lipinski definition) is 0. The lowest BCUT2D eigenvalue weighted by Crippen LogP contribution is -2.46. The Bertz CT molecular complexity index is 1060. The molecule has 0 saturated carbocycles. The van der Waals surface area contributed by atoms with E-state index in [1.807, 2.05) is 18.2 Å². The Morgan fingerprint density at radius 2 is 1.90 bits per heavy atom. The lowest BCUT2D eigenvalue weighted by Gasteiger charge is -2.28. The third kappa shape index (κ3) is 3.99. The molecule has 0 aromatic heterocycles. The van der Waals surface area contributed by atoms with Crippen LogP contribution in [0.3, 0.4) is 0 Å². The summed E-state index contributed by atoms with van der Waals surface area (Å²) in [6, 6.07) is 11.1. The molecule has 0 bridgehead atoms. The molecule has 2 aliphatic rings. The number of carbonyl (C=O) groups is 1. The van der Waals surface area contributed by atoms with Gasteiger partial charge in [-0.2, -0.15) is 4.31 Å². The maximum absolute atomic E-state index is 13.3. The Hall–Kier alpha value is -2.29. The Kier molecular flexibility index (Phi) is 5.90. The van der Waals surface area contributed by atoms with Gasteiger partial charge in [-0.15, -0.1) is 0 Å². The minimum atomic E-state index is -3.86. The number of rotatable bonds is 5. The fourth-order valence-electron chi connectivity index (χ4n) is 3.81. The molecule has 30 heavy (non-hydrogen) atoms. The van der Waals surface area contributed by atoms with Gasteiger partial charge in [0.2, 0.25) is 15.9 Å². The third-order valence-corrected chi connectivity index (χ3v) is 7.62. The standard InChI is InChI=1S/C21H23ClN2O5S/c1-23(14-15-5-2-3-6-17(15)22)21(25)18-7-4-10-24(18)30(26,27)16-8-9-19-20(13-16)29-12-11-28-19/h2-3,5-6,8-9,13,18H,4,7,10-12,14H2,1H3. The second-order valence-electron chi connectivity index (χ2n) is 7.36. The lowest BCUT2D eigenvalue weighted by molar-refractivity contribution is -0.133. The van der Waals surface area contributed by atoms with E-state index in [1.165, 1.54) is 21.3 Å². The van der Waals surface area contributed by atoms with Crippen LogP contribution >= 0.6 is 11.6 Å². The largest absolute Gasteiger partial charge is 0.486 e. The molecule has 2 aromatic carbocycles. The van der Waals surface area contributed by atoms with Gasteiger partial charge >= 0.3 is 0 Å². The Morgan fingerprint density at radius 1 is 1.17 bits per heavy atom. The predicted octanol–water partition coefficient (Wildman–Crippen LogP) is 2.92. The van der Waals surface area contributed by atoms with E-state index < -0.39 is 16.1 Å². The van der Waals surface area contributed by atoms with Crippen molar-refractivity contribution in [3.63, 3.8) is 0 Å². The average molecular weight is 451 g/mol. The summed E-state index contributed by atoms with van der Waals surface area (Å²) < 4.78 is 38.9. The van der Waals surface area contributed by atoms with Crippen molar-refractivity contribution >= 4 is 27.5 Å². The summed E-state index contributed by atoms with van der Waals surface area (Å²) in [6.07, 6.45) is 1.11. The number of carbonyl (C=O) groups excluding carboxylic acids is 1. The summed E-state index contributed by atoms with van der Waals surface area (Å²) in [6.45, 7) is 1.41. The zero-order valence-corrected chi connectivity index (χ0v) is 18.2. The van der Waals surface area contributed by atoms with Crippen molar-refractivity contribution in [3.05, 3.63) is 53.1 Å². The van der Waals surface area contributed by atoms with E-state index >= 15 is 0 Å². The Balaban J connectivity index is 1.55. The number of benzene rings is 2. The van der Waals surface area contributed by atoms with Crippen molar-refractivity contribution in [2.75, 3.05) is 26.8 Å². The molecule has 1 amide bonds. The van der Waals surface area contributed by atoms with Crippen molar-refractivity contribution in [1.82, 2.24) is 9.21 Å². The summed E-state index contributed by atoms with van der Waals surface area (Å²) in [5.41, 5.74) is 0.814. The van der Waals surface area contributed by atoms with Crippen molar-refractivity contribution in [2.24, 2.45) is 0 Å². The van der Waals surface area contributed by atoms with Crippen molar-refractivity contribution in [2.45, 2.75) is 30.3 Å². The highest BCUT2D eigenvalue weighted by Crippen LogP contribution is 2.35. The fourth-order valence-corrected chi connectivity index (χ4v) is 5.67. The first-order chi connectivity index (χ1) is 14.4. The molecule has 0 aliphatic carbocycles.